The Balaban J connectivity index is 4.28. The number of rotatable bonds is 7. The molecule has 4 N–H and O–H groups in total. The van der Waals surface area contributed by atoms with Gasteiger partial charge in [0.1, 0.15) is 12.1 Å². The van der Waals surface area contributed by atoms with E-state index in [1.54, 1.807) is 0 Å². The van der Waals surface area contributed by atoms with E-state index in [9.17, 15) is 14.7 Å². The maximum absolute atomic E-state index is 11.5. The molecule has 16 heavy (non-hydrogen) atoms. The Morgan fingerprint density at radius 1 is 1.50 bits per heavy atom. The van der Waals surface area contributed by atoms with Crippen molar-refractivity contribution in [1.82, 2.24) is 5.32 Å². The molecule has 0 fully saturated rings. The number of amides is 2. The third-order valence-electron chi connectivity index (χ3n) is 2.06. The first-order valence-corrected chi connectivity index (χ1v) is 5.27. The molecule has 0 aromatic rings. The number of carbonyl (C=O) groups excluding carboxylic acids is 2. The maximum atomic E-state index is 11.5. The van der Waals surface area contributed by atoms with Crippen LogP contribution in [0.5, 0.6) is 0 Å². The summed E-state index contributed by atoms with van der Waals surface area (Å²) in [4.78, 5) is 22.4. The number of primary amides is 1. The molecular formula is C11H20N2O3. The Labute approximate surface area is 95.7 Å². The predicted molar refractivity (Wildman–Crippen MR) is 61.4 cm³/mol. The van der Waals surface area contributed by atoms with Gasteiger partial charge in [0.15, 0.2) is 0 Å². The van der Waals surface area contributed by atoms with Crippen LogP contribution in [0.4, 0.5) is 0 Å². The fourth-order valence-electron chi connectivity index (χ4n) is 1.23. The molecule has 0 rings (SSSR count). The molecule has 0 aromatic carbocycles. The van der Waals surface area contributed by atoms with Crippen molar-refractivity contribution in [1.29, 1.82) is 0 Å². The van der Waals surface area contributed by atoms with Gasteiger partial charge < -0.3 is 16.2 Å². The van der Waals surface area contributed by atoms with Crippen molar-refractivity contribution in [2.24, 2.45) is 11.7 Å². The normalized spacial score (nSPS) is 14.2. The summed E-state index contributed by atoms with van der Waals surface area (Å²) in [7, 11) is 0. The van der Waals surface area contributed by atoms with Gasteiger partial charge in [-0.1, -0.05) is 19.9 Å². The van der Waals surface area contributed by atoms with Gasteiger partial charge in [-0.15, -0.1) is 6.58 Å². The minimum absolute atomic E-state index is 0.201. The molecule has 0 saturated carbocycles. The molecule has 0 aliphatic rings. The van der Waals surface area contributed by atoms with Gasteiger partial charge in [0.05, 0.1) is 0 Å². The molecule has 0 radical (unpaired) electrons. The van der Waals surface area contributed by atoms with Gasteiger partial charge in [0.2, 0.25) is 11.8 Å². The van der Waals surface area contributed by atoms with E-state index in [1.807, 2.05) is 13.8 Å². The number of aliphatic hydroxyl groups is 1. The van der Waals surface area contributed by atoms with E-state index in [-0.39, 0.29) is 12.3 Å². The van der Waals surface area contributed by atoms with Crippen LogP contribution in [-0.4, -0.2) is 29.1 Å². The van der Waals surface area contributed by atoms with Crippen LogP contribution in [0.3, 0.4) is 0 Å². The summed E-state index contributed by atoms with van der Waals surface area (Å²) < 4.78 is 0. The molecule has 2 amide bonds. The minimum Gasteiger partial charge on any atom is -0.383 e. The number of hydrogen-bond donors (Lipinski definition) is 3. The number of nitrogens with one attached hydrogen (secondary N) is 1. The lowest BCUT2D eigenvalue weighted by Gasteiger charge is -2.17. The van der Waals surface area contributed by atoms with Crippen LogP contribution >= 0.6 is 0 Å². The summed E-state index contributed by atoms with van der Waals surface area (Å²) in [6.45, 7) is 7.25. The Morgan fingerprint density at radius 2 is 2.06 bits per heavy atom. The Bertz CT molecular complexity index is 264. The average molecular weight is 228 g/mol. The molecule has 0 aliphatic heterocycles. The molecule has 2 atom stereocenters. The van der Waals surface area contributed by atoms with Gasteiger partial charge in [-0.25, -0.2) is 0 Å². The fourth-order valence-corrected chi connectivity index (χ4v) is 1.23. The second-order valence-corrected chi connectivity index (χ2v) is 4.13. The van der Waals surface area contributed by atoms with Crippen LogP contribution in [0.1, 0.15) is 26.7 Å². The molecular weight excluding hydrogens is 208 g/mol. The molecule has 92 valence electrons. The van der Waals surface area contributed by atoms with Gasteiger partial charge in [0.25, 0.3) is 0 Å². The van der Waals surface area contributed by atoms with Crippen molar-refractivity contribution in [3.05, 3.63) is 12.7 Å². The Morgan fingerprint density at radius 3 is 2.44 bits per heavy atom. The molecule has 5 nitrogen and oxygen atoms in total. The predicted octanol–water partition coefficient (Wildman–Crippen LogP) is -0.0604. The highest BCUT2D eigenvalue weighted by atomic mass is 16.3. The van der Waals surface area contributed by atoms with E-state index in [2.05, 4.69) is 11.9 Å². The molecule has 0 aliphatic carbocycles. The lowest BCUT2D eigenvalue weighted by Crippen LogP contribution is -2.48. The van der Waals surface area contributed by atoms with Crippen LogP contribution in [0, 0.1) is 5.92 Å². The van der Waals surface area contributed by atoms with Gasteiger partial charge in [-0.3, -0.25) is 9.59 Å². The SMILES string of the molecule is C=CC[C@@H](NC(=O)[C@@H](O)CC(C)C)C(N)=O. The summed E-state index contributed by atoms with van der Waals surface area (Å²) in [5.74, 6) is -1.00. The number of aliphatic hydroxyl groups excluding tert-OH is 1. The fraction of sp³-hybridized carbons (Fsp3) is 0.636. The molecule has 0 spiro atoms. The van der Waals surface area contributed by atoms with Crippen molar-refractivity contribution in [2.45, 2.75) is 38.8 Å². The van der Waals surface area contributed by atoms with Crippen molar-refractivity contribution in [2.75, 3.05) is 0 Å². The lowest BCUT2D eigenvalue weighted by molar-refractivity contribution is -0.133. The maximum Gasteiger partial charge on any atom is 0.249 e. The van der Waals surface area contributed by atoms with E-state index < -0.39 is 24.0 Å². The number of carbonyl (C=O) groups is 2. The quantitative estimate of drug-likeness (QED) is 0.533. The van der Waals surface area contributed by atoms with E-state index in [1.165, 1.54) is 6.08 Å². The molecule has 5 heteroatoms. The van der Waals surface area contributed by atoms with Crippen LogP contribution in [0.2, 0.25) is 0 Å². The molecule has 0 aromatic heterocycles. The van der Waals surface area contributed by atoms with E-state index in [4.69, 9.17) is 5.73 Å². The summed E-state index contributed by atoms with van der Waals surface area (Å²) >= 11 is 0. The summed E-state index contributed by atoms with van der Waals surface area (Å²) in [5.41, 5.74) is 5.09. The van der Waals surface area contributed by atoms with Gasteiger partial charge >= 0.3 is 0 Å². The van der Waals surface area contributed by atoms with E-state index in [0.29, 0.717) is 6.42 Å². The van der Waals surface area contributed by atoms with Gasteiger partial charge in [-0.05, 0) is 18.8 Å². The van der Waals surface area contributed by atoms with E-state index in [0.717, 1.165) is 0 Å². The first-order chi connectivity index (χ1) is 7.38. The highest BCUT2D eigenvalue weighted by Gasteiger charge is 2.22. The summed E-state index contributed by atoms with van der Waals surface area (Å²) in [6.07, 6.45) is 0.998. The van der Waals surface area contributed by atoms with Gasteiger partial charge in [0, 0.05) is 0 Å². The molecule has 0 saturated heterocycles. The van der Waals surface area contributed by atoms with Crippen molar-refractivity contribution in [3.63, 3.8) is 0 Å². The molecule has 0 unspecified atom stereocenters. The topological polar surface area (TPSA) is 92.4 Å². The Kier molecular flexibility index (Phi) is 6.41. The third kappa shape index (κ3) is 5.50. The minimum atomic E-state index is -1.10. The number of nitrogens with two attached hydrogens (primary N) is 1. The smallest absolute Gasteiger partial charge is 0.249 e. The first-order valence-electron chi connectivity index (χ1n) is 5.27. The van der Waals surface area contributed by atoms with Crippen LogP contribution in [-0.2, 0) is 9.59 Å². The highest BCUT2D eigenvalue weighted by Crippen LogP contribution is 2.05. The standard InChI is InChI=1S/C11H20N2O3/c1-4-5-8(10(12)15)13-11(16)9(14)6-7(2)3/h4,7-9,14H,1,5-6H2,2-3H3,(H2,12,15)(H,13,16)/t8-,9+/m1/s1. The van der Waals surface area contributed by atoms with Crippen LogP contribution in [0.15, 0.2) is 12.7 Å². The second kappa shape index (κ2) is 7.00. The zero-order chi connectivity index (χ0) is 12.7. The summed E-state index contributed by atoms with van der Waals surface area (Å²) in [6, 6.07) is -0.799. The van der Waals surface area contributed by atoms with Crippen molar-refractivity contribution >= 4 is 11.8 Å². The average Bonchev–Trinajstić information content (AvgIpc) is 2.15. The summed E-state index contributed by atoms with van der Waals surface area (Å²) in [5, 5.41) is 11.9. The van der Waals surface area contributed by atoms with E-state index >= 15 is 0 Å². The zero-order valence-electron chi connectivity index (χ0n) is 9.77. The first kappa shape index (κ1) is 14.6. The highest BCUT2D eigenvalue weighted by molar-refractivity contribution is 5.88. The zero-order valence-corrected chi connectivity index (χ0v) is 9.77. The van der Waals surface area contributed by atoms with Crippen LogP contribution < -0.4 is 11.1 Å². The second-order valence-electron chi connectivity index (χ2n) is 4.13. The number of hydrogen-bond acceptors (Lipinski definition) is 3. The van der Waals surface area contributed by atoms with Crippen molar-refractivity contribution in [3.8, 4) is 0 Å². The van der Waals surface area contributed by atoms with Crippen LogP contribution in [0.25, 0.3) is 0 Å². The largest absolute Gasteiger partial charge is 0.383 e. The Hall–Kier alpha value is -1.36. The lowest BCUT2D eigenvalue weighted by atomic mass is 10.0. The van der Waals surface area contributed by atoms with Gasteiger partial charge in [-0.2, -0.15) is 0 Å². The monoisotopic (exact) mass is 228 g/mol. The molecule has 0 bridgehead atoms. The van der Waals surface area contributed by atoms with Crippen molar-refractivity contribution < 1.29 is 14.7 Å². The third-order valence-corrected chi connectivity index (χ3v) is 2.06. The molecule has 0 heterocycles.